The summed E-state index contributed by atoms with van der Waals surface area (Å²) in [6.07, 6.45) is 8.98. The zero-order valence-electron chi connectivity index (χ0n) is 12.8. The number of halogens is 1. The third-order valence-corrected chi connectivity index (χ3v) is 4.52. The van der Waals surface area contributed by atoms with Gasteiger partial charge in [-0.3, -0.25) is 4.79 Å². The largest absolute Gasteiger partial charge is 0.457 e. The highest BCUT2D eigenvalue weighted by Crippen LogP contribution is 2.34. The van der Waals surface area contributed by atoms with E-state index in [1.807, 2.05) is 24.3 Å². The minimum Gasteiger partial charge on any atom is -0.457 e. The van der Waals surface area contributed by atoms with Crippen molar-refractivity contribution in [3.05, 3.63) is 34.9 Å². The molecule has 0 spiro atoms. The SMILES string of the molecule is CCCCCCCC1CCC(c2ccc(Cl)cc2)OC1=O. The van der Waals surface area contributed by atoms with Crippen LogP contribution in [0.1, 0.15) is 70.0 Å². The maximum Gasteiger partial charge on any atom is 0.309 e. The van der Waals surface area contributed by atoms with Crippen molar-refractivity contribution >= 4 is 17.6 Å². The van der Waals surface area contributed by atoms with Gasteiger partial charge >= 0.3 is 5.97 Å². The summed E-state index contributed by atoms with van der Waals surface area (Å²) in [6, 6.07) is 7.60. The number of carbonyl (C=O) groups excluding carboxylic acids is 1. The lowest BCUT2D eigenvalue weighted by Gasteiger charge is -2.28. The van der Waals surface area contributed by atoms with Crippen LogP contribution in [0.5, 0.6) is 0 Å². The summed E-state index contributed by atoms with van der Waals surface area (Å²) in [4.78, 5) is 12.1. The minimum atomic E-state index is -0.0916. The predicted octanol–water partition coefficient (Wildman–Crippen LogP) is 5.69. The summed E-state index contributed by atoms with van der Waals surface area (Å²) < 4.78 is 5.62. The third-order valence-electron chi connectivity index (χ3n) is 4.27. The van der Waals surface area contributed by atoms with Crippen LogP contribution in [-0.2, 0) is 9.53 Å². The molecular formula is C18H25ClO2. The summed E-state index contributed by atoms with van der Waals surface area (Å²) >= 11 is 5.89. The van der Waals surface area contributed by atoms with E-state index in [4.69, 9.17) is 16.3 Å². The molecule has 2 rings (SSSR count). The molecule has 116 valence electrons. The van der Waals surface area contributed by atoms with Gasteiger partial charge in [-0.15, -0.1) is 0 Å². The molecule has 1 heterocycles. The van der Waals surface area contributed by atoms with Crippen LogP contribution in [0.15, 0.2) is 24.3 Å². The van der Waals surface area contributed by atoms with E-state index in [0.29, 0.717) is 5.02 Å². The summed E-state index contributed by atoms with van der Waals surface area (Å²) in [7, 11) is 0. The Bertz CT molecular complexity index is 441. The van der Waals surface area contributed by atoms with Crippen molar-refractivity contribution in [3.8, 4) is 0 Å². The molecule has 3 heteroatoms. The molecule has 0 aliphatic carbocycles. The third kappa shape index (κ3) is 5.03. The zero-order valence-corrected chi connectivity index (χ0v) is 13.6. The topological polar surface area (TPSA) is 26.3 Å². The Morgan fingerprint density at radius 2 is 1.81 bits per heavy atom. The van der Waals surface area contributed by atoms with Gasteiger partial charge in [-0.25, -0.2) is 0 Å². The molecule has 1 aliphatic rings. The van der Waals surface area contributed by atoms with E-state index in [0.717, 1.165) is 31.2 Å². The number of rotatable bonds is 7. The van der Waals surface area contributed by atoms with Gasteiger partial charge in [0, 0.05) is 5.02 Å². The van der Waals surface area contributed by atoms with Gasteiger partial charge in [0.15, 0.2) is 0 Å². The first-order chi connectivity index (χ1) is 10.2. The molecule has 0 saturated carbocycles. The molecule has 0 amide bonds. The summed E-state index contributed by atoms with van der Waals surface area (Å²) in [5.41, 5.74) is 1.05. The van der Waals surface area contributed by atoms with E-state index in [2.05, 4.69) is 6.92 Å². The van der Waals surface area contributed by atoms with Gasteiger partial charge in [0.05, 0.1) is 5.92 Å². The molecular weight excluding hydrogens is 284 g/mol. The Hall–Kier alpha value is -1.02. The highest BCUT2D eigenvalue weighted by atomic mass is 35.5. The van der Waals surface area contributed by atoms with Gasteiger partial charge in [-0.1, -0.05) is 62.8 Å². The molecule has 2 unspecified atom stereocenters. The molecule has 1 aromatic carbocycles. The number of hydrogen-bond acceptors (Lipinski definition) is 2. The van der Waals surface area contributed by atoms with Gasteiger partial charge in [0.1, 0.15) is 6.10 Å². The van der Waals surface area contributed by atoms with Crippen LogP contribution in [0.25, 0.3) is 0 Å². The maximum atomic E-state index is 12.1. The van der Waals surface area contributed by atoms with Gasteiger partial charge in [0.2, 0.25) is 0 Å². The number of cyclic esters (lactones) is 1. The minimum absolute atomic E-state index is 0.0170. The van der Waals surface area contributed by atoms with Crippen LogP contribution in [0.4, 0.5) is 0 Å². The fourth-order valence-corrected chi connectivity index (χ4v) is 3.06. The van der Waals surface area contributed by atoms with E-state index in [9.17, 15) is 4.79 Å². The smallest absolute Gasteiger partial charge is 0.309 e. The molecule has 1 fully saturated rings. The van der Waals surface area contributed by atoms with Gasteiger partial charge < -0.3 is 4.74 Å². The second-order valence-corrected chi connectivity index (χ2v) is 6.39. The fraction of sp³-hybridized carbons (Fsp3) is 0.611. The van der Waals surface area contributed by atoms with Crippen molar-refractivity contribution in [2.45, 2.75) is 64.4 Å². The summed E-state index contributed by atoms with van der Waals surface area (Å²) in [6.45, 7) is 2.22. The molecule has 1 aliphatic heterocycles. The van der Waals surface area contributed by atoms with Crippen molar-refractivity contribution in [3.63, 3.8) is 0 Å². The van der Waals surface area contributed by atoms with E-state index in [1.165, 1.54) is 25.7 Å². The molecule has 21 heavy (non-hydrogen) atoms. The molecule has 1 saturated heterocycles. The Morgan fingerprint density at radius 3 is 2.48 bits per heavy atom. The average molecular weight is 309 g/mol. The lowest BCUT2D eigenvalue weighted by atomic mass is 9.90. The number of esters is 1. The zero-order chi connectivity index (χ0) is 15.1. The van der Waals surface area contributed by atoms with Gasteiger partial charge in [-0.2, -0.15) is 0 Å². The lowest BCUT2D eigenvalue weighted by molar-refractivity contribution is -0.161. The van der Waals surface area contributed by atoms with Crippen LogP contribution in [-0.4, -0.2) is 5.97 Å². The Kier molecular flexibility index (Phi) is 6.56. The van der Waals surface area contributed by atoms with E-state index < -0.39 is 0 Å². The molecule has 0 radical (unpaired) electrons. The molecule has 0 bridgehead atoms. The number of benzene rings is 1. The first-order valence-corrected chi connectivity index (χ1v) is 8.54. The van der Waals surface area contributed by atoms with Crippen LogP contribution in [0.2, 0.25) is 5.02 Å². The van der Waals surface area contributed by atoms with Crippen LogP contribution in [0, 0.1) is 5.92 Å². The molecule has 1 aromatic rings. The van der Waals surface area contributed by atoms with Gasteiger partial charge in [-0.05, 0) is 37.0 Å². The fourth-order valence-electron chi connectivity index (χ4n) is 2.93. The Labute approximate surface area is 132 Å². The lowest BCUT2D eigenvalue weighted by Crippen LogP contribution is -2.26. The Morgan fingerprint density at radius 1 is 1.10 bits per heavy atom. The summed E-state index contributed by atoms with van der Waals surface area (Å²) in [5, 5.41) is 0.714. The summed E-state index contributed by atoms with van der Waals surface area (Å²) in [5.74, 6) is 0.0897. The first kappa shape index (κ1) is 16.4. The predicted molar refractivity (Wildman–Crippen MR) is 86.4 cm³/mol. The van der Waals surface area contributed by atoms with Crippen molar-refractivity contribution < 1.29 is 9.53 Å². The van der Waals surface area contributed by atoms with Crippen molar-refractivity contribution in [2.75, 3.05) is 0 Å². The first-order valence-electron chi connectivity index (χ1n) is 8.16. The standard InChI is InChI=1S/C18H25ClO2/c1-2-3-4-5-6-7-15-10-13-17(21-18(15)20)14-8-11-16(19)12-9-14/h8-9,11-12,15,17H,2-7,10,13H2,1H3. The van der Waals surface area contributed by atoms with E-state index >= 15 is 0 Å². The van der Waals surface area contributed by atoms with Crippen LogP contribution >= 0.6 is 11.6 Å². The van der Waals surface area contributed by atoms with Crippen LogP contribution < -0.4 is 0 Å². The van der Waals surface area contributed by atoms with Crippen molar-refractivity contribution in [2.24, 2.45) is 5.92 Å². The number of unbranched alkanes of at least 4 members (excludes halogenated alkanes) is 4. The van der Waals surface area contributed by atoms with Crippen LogP contribution in [0.3, 0.4) is 0 Å². The monoisotopic (exact) mass is 308 g/mol. The highest BCUT2D eigenvalue weighted by molar-refractivity contribution is 6.30. The second-order valence-electron chi connectivity index (χ2n) is 5.95. The number of carbonyl (C=O) groups is 1. The normalized spacial score (nSPS) is 22.1. The number of hydrogen-bond donors (Lipinski definition) is 0. The maximum absolute atomic E-state index is 12.1. The Balaban J connectivity index is 1.76. The average Bonchev–Trinajstić information content (AvgIpc) is 2.49. The second kappa shape index (κ2) is 8.43. The molecule has 2 nitrogen and oxygen atoms in total. The van der Waals surface area contributed by atoms with Crippen molar-refractivity contribution in [1.29, 1.82) is 0 Å². The van der Waals surface area contributed by atoms with Gasteiger partial charge in [0.25, 0.3) is 0 Å². The van der Waals surface area contributed by atoms with E-state index in [1.54, 1.807) is 0 Å². The molecule has 2 atom stereocenters. The highest BCUT2D eigenvalue weighted by Gasteiger charge is 2.30. The van der Waals surface area contributed by atoms with Crippen molar-refractivity contribution in [1.82, 2.24) is 0 Å². The molecule has 0 N–H and O–H groups in total. The quantitative estimate of drug-likeness (QED) is 0.477. The number of ether oxygens (including phenoxy) is 1. The molecule has 0 aromatic heterocycles. The van der Waals surface area contributed by atoms with E-state index in [-0.39, 0.29) is 18.0 Å².